The highest BCUT2D eigenvalue weighted by atomic mass is 16.5. The van der Waals surface area contributed by atoms with Gasteiger partial charge in [-0.15, -0.1) is 0 Å². The molecular formula is C17H14N2O2. The highest BCUT2D eigenvalue weighted by Crippen LogP contribution is 2.26. The molecule has 4 nitrogen and oxygen atoms in total. The van der Waals surface area contributed by atoms with Crippen LogP contribution in [0.15, 0.2) is 48.7 Å². The predicted octanol–water partition coefficient (Wildman–Crippen LogP) is 3.53. The Labute approximate surface area is 122 Å². The Morgan fingerprint density at radius 1 is 1.05 bits per heavy atom. The number of para-hydroxylation sites is 1. The molecule has 0 aliphatic carbocycles. The Morgan fingerprint density at radius 2 is 1.86 bits per heavy atom. The van der Waals surface area contributed by atoms with Crippen LogP contribution < -0.4 is 4.74 Å². The van der Waals surface area contributed by atoms with E-state index in [1.54, 1.807) is 12.3 Å². The van der Waals surface area contributed by atoms with Crippen molar-refractivity contribution < 1.29 is 9.53 Å². The van der Waals surface area contributed by atoms with E-state index in [1.165, 1.54) is 6.92 Å². The number of nitrogens with zero attached hydrogens (tertiary/aromatic N) is 2. The molecule has 0 spiro atoms. The summed E-state index contributed by atoms with van der Waals surface area (Å²) in [7, 11) is 0. The second kappa shape index (κ2) is 5.32. The molecule has 1 aromatic carbocycles. The highest BCUT2D eigenvalue weighted by molar-refractivity contribution is 5.88. The fourth-order valence-electron chi connectivity index (χ4n) is 2.12. The summed E-state index contributed by atoms with van der Waals surface area (Å²) < 4.78 is 5.22. The Bertz CT molecular complexity index is 811. The van der Waals surface area contributed by atoms with Crippen LogP contribution >= 0.6 is 0 Å². The van der Waals surface area contributed by atoms with E-state index in [9.17, 15) is 4.79 Å². The molecule has 2 heterocycles. The number of aryl methyl sites for hydroxylation is 1. The molecule has 2 aromatic heterocycles. The first kappa shape index (κ1) is 13.2. The lowest BCUT2D eigenvalue weighted by molar-refractivity contribution is -0.131. The van der Waals surface area contributed by atoms with Crippen LogP contribution in [-0.2, 0) is 4.79 Å². The minimum Gasteiger partial charge on any atom is -0.424 e. The first-order chi connectivity index (χ1) is 10.1. The van der Waals surface area contributed by atoms with Crippen LogP contribution in [0, 0.1) is 6.92 Å². The summed E-state index contributed by atoms with van der Waals surface area (Å²) in [6, 6.07) is 13.3. The second-order valence-electron chi connectivity index (χ2n) is 4.84. The Kier molecular flexibility index (Phi) is 3.36. The van der Waals surface area contributed by atoms with Crippen LogP contribution in [0.3, 0.4) is 0 Å². The predicted molar refractivity (Wildman–Crippen MR) is 81.0 cm³/mol. The maximum absolute atomic E-state index is 11.2. The zero-order valence-electron chi connectivity index (χ0n) is 11.8. The summed E-state index contributed by atoms with van der Waals surface area (Å²) in [5.41, 5.74) is 3.30. The van der Waals surface area contributed by atoms with Gasteiger partial charge in [0.25, 0.3) is 0 Å². The lowest BCUT2D eigenvalue weighted by Gasteiger charge is -2.07. The number of aromatic nitrogens is 2. The van der Waals surface area contributed by atoms with Crippen molar-refractivity contribution in [2.24, 2.45) is 0 Å². The first-order valence-corrected chi connectivity index (χ1v) is 6.65. The smallest absolute Gasteiger partial charge is 0.308 e. The van der Waals surface area contributed by atoms with Crippen LogP contribution in [0.2, 0.25) is 0 Å². The third kappa shape index (κ3) is 2.74. The zero-order chi connectivity index (χ0) is 14.8. The zero-order valence-corrected chi connectivity index (χ0v) is 11.8. The molecule has 0 aliphatic heterocycles. The molecule has 0 radical (unpaired) electrons. The van der Waals surface area contributed by atoms with Crippen molar-refractivity contribution in [2.45, 2.75) is 13.8 Å². The Balaban J connectivity index is 2.13. The molecule has 0 saturated carbocycles. The molecule has 0 unspecified atom stereocenters. The molecule has 0 fully saturated rings. The molecule has 3 aromatic rings. The van der Waals surface area contributed by atoms with Gasteiger partial charge in [0.1, 0.15) is 5.52 Å². The molecule has 104 valence electrons. The Morgan fingerprint density at radius 3 is 2.57 bits per heavy atom. The van der Waals surface area contributed by atoms with E-state index < -0.39 is 0 Å². The van der Waals surface area contributed by atoms with Crippen LogP contribution in [0.5, 0.6) is 5.75 Å². The SMILES string of the molecule is CC(=O)Oc1cccc2ccc(-c3ccc(C)cn3)nc12. The number of rotatable bonds is 2. The van der Waals surface area contributed by atoms with E-state index in [4.69, 9.17) is 4.74 Å². The average Bonchev–Trinajstić information content (AvgIpc) is 2.47. The highest BCUT2D eigenvalue weighted by Gasteiger charge is 2.08. The number of carbonyl (C=O) groups excluding carboxylic acids is 1. The van der Waals surface area contributed by atoms with Gasteiger partial charge in [0.15, 0.2) is 5.75 Å². The number of hydrogen-bond acceptors (Lipinski definition) is 4. The molecule has 0 saturated heterocycles. The molecule has 0 bridgehead atoms. The lowest BCUT2D eigenvalue weighted by atomic mass is 10.1. The van der Waals surface area contributed by atoms with Gasteiger partial charge in [0.05, 0.1) is 11.4 Å². The standard InChI is InChI=1S/C17H14N2O2/c1-11-6-8-14(18-10-11)15-9-7-13-4-3-5-16(17(13)19-15)21-12(2)20/h3-10H,1-2H3. The lowest BCUT2D eigenvalue weighted by Crippen LogP contribution is -2.02. The average molecular weight is 278 g/mol. The third-order valence-corrected chi connectivity index (χ3v) is 3.11. The van der Waals surface area contributed by atoms with E-state index >= 15 is 0 Å². The Hall–Kier alpha value is -2.75. The second-order valence-corrected chi connectivity index (χ2v) is 4.84. The summed E-state index contributed by atoms with van der Waals surface area (Å²) in [6.45, 7) is 3.37. The summed E-state index contributed by atoms with van der Waals surface area (Å²) in [6.07, 6.45) is 1.80. The number of pyridine rings is 2. The maximum Gasteiger partial charge on any atom is 0.308 e. The van der Waals surface area contributed by atoms with Crippen LogP contribution in [-0.4, -0.2) is 15.9 Å². The monoisotopic (exact) mass is 278 g/mol. The molecular weight excluding hydrogens is 264 g/mol. The summed E-state index contributed by atoms with van der Waals surface area (Å²) in [5, 5.41) is 0.921. The van der Waals surface area contributed by atoms with E-state index in [2.05, 4.69) is 9.97 Å². The van der Waals surface area contributed by atoms with Crippen molar-refractivity contribution in [1.29, 1.82) is 0 Å². The number of esters is 1. The minimum atomic E-state index is -0.358. The fraction of sp³-hybridized carbons (Fsp3) is 0.118. The molecule has 0 aliphatic rings. The normalized spacial score (nSPS) is 10.6. The van der Waals surface area contributed by atoms with Gasteiger partial charge in [-0.1, -0.05) is 24.3 Å². The van der Waals surface area contributed by atoms with Gasteiger partial charge in [-0.3, -0.25) is 9.78 Å². The van der Waals surface area contributed by atoms with Crippen LogP contribution in [0.1, 0.15) is 12.5 Å². The number of fused-ring (bicyclic) bond motifs is 1. The van der Waals surface area contributed by atoms with Gasteiger partial charge >= 0.3 is 5.97 Å². The maximum atomic E-state index is 11.2. The molecule has 0 amide bonds. The van der Waals surface area contributed by atoms with Crippen molar-refractivity contribution >= 4 is 16.9 Å². The minimum absolute atomic E-state index is 0.358. The summed E-state index contributed by atoms with van der Waals surface area (Å²) in [4.78, 5) is 20.2. The van der Waals surface area contributed by atoms with Gasteiger partial charge in [0, 0.05) is 18.5 Å². The van der Waals surface area contributed by atoms with Crippen molar-refractivity contribution in [2.75, 3.05) is 0 Å². The van der Waals surface area contributed by atoms with Gasteiger partial charge in [-0.2, -0.15) is 0 Å². The topological polar surface area (TPSA) is 52.1 Å². The van der Waals surface area contributed by atoms with Gasteiger partial charge in [0.2, 0.25) is 0 Å². The van der Waals surface area contributed by atoms with E-state index in [1.807, 2.05) is 43.3 Å². The number of hydrogen-bond donors (Lipinski definition) is 0. The van der Waals surface area contributed by atoms with Crippen molar-refractivity contribution in [3.05, 3.63) is 54.2 Å². The summed E-state index contributed by atoms with van der Waals surface area (Å²) >= 11 is 0. The van der Waals surface area contributed by atoms with Gasteiger partial charge in [-0.25, -0.2) is 4.98 Å². The van der Waals surface area contributed by atoms with Gasteiger partial charge in [-0.05, 0) is 30.7 Å². The number of benzene rings is 1. The third-order valence-electron chi connectivity index (χ3n) is 3.11. The van der Waals surface area contributed by atoms with E-state index in [-0.39, 0.29) is 5.97 Å². The van der Waals surface area contributed by atoms with E-state index in [0.717, 1.165) is 22.3 Å². The number of ether oxygens (including phenoxy) is 1. The van der Waals surface area contributed by atoms with Crippen molar-refractivity contribution in [1.82, 2.24) is 9.97 Å². The fourth-order valence-corrected chi connectivity index (χ4v) is 2.12. The largest absolute Gasteiger partial charge is 0.424 e. The molecule has 0 atom stereocenters. The molecule has 0 N–H and O–H groups in total. The van der Waals surface area contributed by atoms with Crippen LogP contribution in [0.4, 0.5) is 0 Å². The van der Waals surface area contributed by atoms with Crippen LogP contribution in [0.25, 0.3) is 22.3 Å². The van der Waals surface area contributed by atoms with Crippen molar-refractivity contribution in [3.8, 4) is 17.1 Å². The van der Waals surface area contributed by atoms with Gasteiger partial charge < -0.3 is 4.74 Å². The van der Waals surface area contributed by atoms with E-state index in [0.29, 0.717) is 11.3 Å². The quantitative estimate of drug-likeness (QED) is 0.531. The van der Waals surface area contributed by atoms with Crippen molar-refractivity contribution in [3.63, 3.8) is 0 Å². The first-order valence-electron chi connectivity index (χ1n) is 6.65. The molecule has 21 heavy (non-hydrogen) atoms. The molecule has 4 heteroatoms. The molecule has 3 rings (SSSR count). The number of carbonyl (C=O) groups is 1. The summed E-state index contributed by atoms with van der Waals surface area (Å²) in [5.74, 6) is 0.108.